The Morgan fingerprint density at radius 2 is 1.56 bits per heavy atom. The molecule has 0 amide bonds. The van der Waals surface area contributed by atoms with Crippen molar-refractivity contribution in [1.29, 1.82) is 0 Å². The molecule has 1 aliphatic carbocycles. The molecule has 3 unspecified atom stereocenters. The fraction of sp³-hybridized carbons (Fsp3) is 0.409. The lowest BCUT2D eigenvalue weighted by Crippen LogP contribution is -2.26. The summed E-state index contributed by atoms with van der Waals surface area (Å²) < 4.78 is 5.06. The van der Waals surface area contributed by atoms with Gasteiger partial charge in [0.05, 0.1) is 13.2 Å². The molecule has 3 atom stereocenters. The first-order valence-corrected chi connectivity index (χ1v) is 9.30. The molecule has 1 aliphatic heterocycles. The highest BCUT2D eigenvalue weighted by atomic mass is 16.5. The first kappa shape index (κ1) is 16.3. The average molecular weight is 335 g/mol. The molecule has 2 fully saturated rings. The van der Waals surface area contributed by atoms with Crippen LogP contribution in [0.1, 0.15) is 43.7 Å². The molecule has 1 saturated carbocycles. The molecule has 1 heterocycles. The summed E-state index contributed by atoms with van der Waals surface area (Å²) in [5.41, 5.74) is 3.66. The van der Waals surface area contributed by atoms with E-state index in [9.17, 15) is 4.79 Å². The van der Waals surface area contributed by atoms with Gasteiger partial charge >= 0.3 is 5.97 Å². The minimum atomic E-state index is -0.101. The van der Waals surface area contributed by atoms with Gasteiger partial charge in [0, 0.05) is 6.04 Å². The van der Waals surface area contributed by atoms with Gasteiger partial charge in [-0.1, -0.05) is 73.9 Å². The molecule has 130 valence electrons. The summed E-state index contributed by atoms with van der Waals surface area (Å²) in [6, 6.07) is 19.7. The SMILES string of the molecule is COC(=O)C1C(c2ccc(-c3ccccc3)cc2)N1C1CCCCC1. The fourth-order valence-electron chi connectivity index (χ4n) is 4.31. The number of rotatable bonds is 4. The number of esters is 1. The zero-order chi connectivity index (χ0) is 17.2. The van der Waals surface area contributed by atoms with E-state index in [1.54, 1.807) is 0 Å². The van der Waals surface area contributed by atoms with Crippen molar-refractivity contribution >= 4 is 5.97 Å². The number of nitrogens with zero attached hydrogens (tertiary/aromatic N) is 1. The molecule has 2 aromatic carbocycles. The monoisotopic (exact) mass is 335 g/mol. The minimum absolute atomic E-state index is 0.0947. The highest BCUT2D eigenvalue weighted by molar-refractivity contribution is 5.81. The Hall–Kier alpha value is -2.13. The first-order valence-electron chi connectivity index (χ1n) is 9.30. The Morgan fingerprint density at radius 3 is 2.20 bits per heavy atom. The summed E-state index contributed by atoms with van der Waals surface area (Å²) >= 11 is 0. The molecule has 2 aliphatic rings. The Labute approximate surface area is 149 Å². The van der Waals surface area contributed by atoms with Gasteiger partial charge in [0.1, 0.15) is 6.04 Å². The quantitative estimate of drug-likeness (QED) is 0.605. The lowest BCUT2D eigenvalue weighted by molar-refractivity contribution is -0.141. The third-order valence-corrected chi connectivity index (χ3v) is 5.65. The van der Waals surface area contributed by atoms with Gasteiger partial charge in [0.15, 0.2) is 0 Å². The summed E-state index contributed by atoms with van der Waals surface area (Å²) in [6.07, 6.45) is 6.27. The summed E-state index contributed by atoms with van der Waals surface area (Å²) in [4.78, 5) is 14.6. The summed E-state index contributed by atoms with van der Waals surface area (Å²) in [5, 5.41) is 0. The van der Waals surface area contributed by atoms with E-state index >= 15 is 0 Å². The second-order valence-corrected chi connectivity index (χ2v) is 7.14. The minimum Gasteiger partial charge on any atom is -0.468 e. The van der Waals surface area contributed by atoms with E-state index in [1.165, 1.54) is 55.9 Å². The molecule has 4 rings (SSSR count). The maximum absolute atomic E-state index is 12.2. The summed E-state index contributed by atoms with van der Waals surface area (Å²) in [7, 11) is 1.50. The van der Waals surface area contributed by atoms with Crippen molar-refractivity contribution in [3.8, 4) is 11.1 Å². The van der Waals surface area contributed by atoms with Crippen LogP contribution in [-0.2, 0) is 9.53 Å². The highest BCUT2D eigenvalue weighted by Crippen LogP contribution is 2.48. The molecular formula is C22H25NO2. The van der Waals surface area contributed by atoms with Crippen LogP contribution >= 0.6 is 0 Å². The molecule has 0 spiro atoms. The number of benzene rings is 2. The Morgan fingerprint density at radius 1 is 0.920 bits per heavy atom. The van der Waals surface area contributed by atoms with Gasteiger partial charge in [-0.2, -0.15) is 0 Å². The van der Waals surface area contributed by atoms with E-state index in [0.29, 0.717) is 6.04 Å². The van der Waals surface area contributed by atoms with Gasteiger partial charge in [0.2, 0.25) is 0 Å². The van der Waals surface area contributed by atoms with E-state index in [0.717, 1.165) is 0 Å². The van der Waals surface area contributed by atoms with Crippen LogP contribution in [-0.4, -0.2) is 30.1 Å². The molecule has 3 heteroatoms. The molecule has 0 bridgehead atoms. The first-order chi connectivity index (χ1) is 12.3. The van der Waals surface area contributed by atoms with Crippen molar-refractivity contribution < 1.29 is 9.53 Å². The Bertz CT molecular complexity index is 719. The lowest BCUT2D eigenvalue weighted by atomic mass is 9.95. The van der Waals surface area contributed by atoms with Crippen molar-refractivity contribution in [1.82, 2.24) is 4.90 Å². The number of ether oxygens (including phenoxy) is 1. The fourth-order valence-corrected chi connectivity index (χ4v) is 4.31. The van der Waals surface area contributed by atoms with Crippen LogP contribution < -0.4 is 0 Å². The Balaban J connectivity index is 1.55. The normalized spacial score (nSPS) is 26.2. The maximum Gasteiger partial charge on any atom is 0.325 e. The smallest absolute Gasteiger partial charge is 0.325 e. The van der Waals surface area contributed by atoms with Crippen LogP contribution in [0.4, 0.5) is 0 Å². The van der Waals surface area contributed by atoms with Gasteiger partial charge in [-0.3, -0.25) is 9.69 Å². The van der Waals surface area contributed by atoms with Gasteiger partial charge < -0.3 is 4.74 Å². The number of hydrogen-bond donors (Lipinski definition) is 0. The number of carbonyl (C=O) groups is 1. The molecule has 0 radical (unpaired) electrons. The standard InChI is InChI=1S/C22H25NO2/c1-25-22(24)21-20(23(21)19-10-6-3-7-11-19)18-14-12-17(13-15-18)16-8-4-2-5-9-16/h2,4-5,8-9,12-15,19-21H,3,6-7,10-11H2,1H3. The predicted octanol–water partition coefficient (Wildman–Crippen LogP) is 4.58. The van der Waals surface area contributed by atoms with Gasteiger partial charge in [-0.15, -0.1) is 0 Å². The van der Waals surface area contributed by atoms with Gasteiger partial charge in [0.25, 0.3) is 0 Å². The molecule has 25 heavy (non-hydrogen) atoms. The van der Waals surface area contributed by atoms with Crippen molar-refractivity contribution in [3.63, 3.8) is 0 Å². The summed E-state index contributed by atoms with van der Waals surface area (Å²) in [6.45, 7) is 0. The van der Waals surface area contributed by atoms with Crippen molar-refractivity contribution in [2.45, 2.75) is 50.2 Å². The van der Waals surface area contributed by atoms with E-state index < -0.39 is 0 Å². The predicted molar refractivity (Wildman–Crippen MR) is 99.1 cm³/mol. The number of hydrogen-bond acceptors (Lipinski definition) is 3. The molecule has 0 aromatic heterocycles. The molecular weight excluding hydrogens is 310 g/mol. The van der Waals surface area contributed by atoms with Crippen molar-refractivity contribution in [3.05, 3.63) is 60.2 Å². The number of carbonyl (C=O) groups excluding carboxylic acids is 1. The van der Waals surface area contributed by atoms with Crippen molar-refractivity contribution in [2.75, 3.05) is 7.11 Å². The van der Waals surface area contributed by atoms with E-state index in [2.05, 4.69) is 53.4 Å². The third kappa shape index (κ3) is 3.21. The molecule has 3 nitrogen and oxygen atoms in total. The van der Waals surface area contributed by atoms with E-state index in [4.69, 9.17) is 4.74 Å². The van der Waals surface area contributed by atoms with E-state index in [-0.39, 0.29) is 18.1 Å². The topological polar surface area (TPSA) is 29.3 Å². The van der Waals surface area contributed by atoms with Crippen molar-refractivity contribution in [2.24, 2.45) is 0 Å². The number of methoxy groups -OCH3 is 1. The largest absolute Gasteiger partial charge is 0.468 e. The second kappa shape index (κ2) is 7.01. The van der Waals surface area contributed by atoms with Gasteiger partial charge in [-0.25, -0.2) is 0 Å². The van der Waals surface area contributed by atoms with Crippen LogP contribution in [0.3, 0.4) is 0 Å². The zero-order valence-corrected chi connectivity index (χ0v) is 14.7. The van der Waals surface area contributed by atoms with E-state index in [1.807, 2.05) is 6.07 Å². The molecule has 1 saturated heterocycles. The zero-order valence-electron chi connectivity index (χ0n) is 14.7. The average Bonchev–Trinajstić information content (AvgIpc) is 3.44. The van der Waals surface area contributed by atoms with Crippen LogP contribution in [0.25, 0.3) is 11.1 Å². The van der Waals surface area contributed by atoms with Crippen LogP contribution in [0.15, 0.2) is 54.6 Å². The summed E-state index contributed by atoms with van der Waals surface area (Å²) in [5.74, 6) is -0.0947. The lowest BCUT2D eigenvalue weighted by Gasteiger charge is -2.24. The maximum atomic E-state index is 12.2. The molecule has 0 N–H and O–H groups in total. The Kier molecular flexibility index (Phi) is 4.58. The highest BCUT2D eigenvalue weighted by Gasteiger charge is 2.56. The van der Waals surface area contributed by atoms with Crippen LogP contribution in [0.5, 0.6) is 0 Å². The molecule has 2 aromatic rings. The van der Waals surface area contributed by atoms with Crippen LogP contribution in [0.2, 0.25) is 0 Å². The third-order valence-electron chi connectivity index (χ3n) is 5.65. The van der Waals surface area contributed by atoms with Crippen LogP contribution in [0, 0.1) is 0 Å². The second-order valence-electron chi connectivity index (χ2n) is 7.14. The van der Waals surface area contributed by atoms with Gasteiger partial charge in [-0.05, 0) is 29.5 Å².